The smallest absolute Gasteiger partial charge is 0.227 e. The van der Waals surface area contributed by atoms with Gasteiger partial charge in [-0.1, -0.05) is 36.4 Å². The lowest BCUT2D eigenvalue weighted by Gasteiger charge is -2.13. The number of carbonyl (C=O) groups is 1. The van der Waals surface area contributed by atoms with Crippen LogP contribution in [0, 0.1) is 6.92 Å². The number of hydrogen-bond donors (Lipinski definition) is 2. The molecule has 0 fully saturated rings. The first kappa shape index (κ1) is 16.9. The van der Waals surface area contributed by atoms with Gasteiger partial charge in [0.25, 0.3) is 0 Å². The fourth-order valence-electron chi connectivity index (χ4n) is 2.85. The Morgan fingerprint density at radius 1 is 1.24 bits per heavy atom. The van der Waals surface area contributed by atoms with Crippen molar-refractivity contribution >= 4 is 11.7 Å². The minimum Gasteiger partial charge on any atom is -0.323 e. The molecular weight excluding hydrogens is 314 g/mol. The van der Waals surface area contributed by atoms with E-state index in [4.69, 9.17) is 5.73 Å². The molecule has 25 heavy (non-hydrogen) atoms. The highest BCUT2D eigenvalue weighted by Gasteiger charge is 2.19. The Morgan fingerprint density at radius 3 is 2.68 bits per heavy atom. The summed E-state index contributed by atoms with van der Waals surface area (Å²) < 4.78 is 1.69. The fraction of sp³-hybridized carbons (Fsp3) is 0.211. The zero-order valence-electron chi connectivity index (χ0n) is 14.3. The number of amides is 1. The second kappa shape index (κ2) is 7.27. The molecule has 1 atom stereocenters. The van der Waals surface area contributed by atoms with Gasteiger partial charge < -0.3 is 11.1 Å². The number of rotatable bonds is 5. The van der Waals surface area contributed by atoms with Gasteiger partial charge >= 0.3 is 0 Å². The van der Waals surface area contributed by atoms with Crippen molar-refractivity contribution in [2.75, 3.05) is 5.32 Å². The molecule has 1 aromatic carbocycles. The Balaban J connectivity index is 1.80. The van der Waals surface area contributed by atoms with Crippen molar-refractivity contribution in [2.24, 2.45) is 12.8 Å². The normalized spacial score (nSPS) is 12.0. The van der Waals surface area contributed by atoms with E-state index in [-0.39, 0.29) is 12.3 Å². The van der Waals surface area contributed by atoms with Crippen LogP contribution in [0.3, 0.4) is 0 Å². The number of aryl methyl sites for hydroxylation is 2. The first-order chi connectivity index (χ1) is 12.1. The van der Waals surface area contributed by atoms with E-state index in [0.717, 1.165) is 22.4 Å². The third-order valence-electron chi connectivity index (χ3n) is 4.06. The van der Waals surface area contributed by atoms with Crippen molar-refractivity contribution in [1.29, 1.82) is 0 Å². The molecule has 0 aliphatic heterocycles. The maximum Gasteiger partial charge on any atom is 0.227 e. The SMILES string of the molecule is Cc1nn(C)c(NC(=O)C[C@@H](N)c2cccnc2)c1-c1ccccc1. The number of anilines is 1. The minimum absolute atomic E-state index is 0.156. The molecule has 0 radical (unpaired) electrons. The van der Waals surface area contributed by atoms with Crippen LogP contribution in [0.5, 0.6) is 0 Å². The molecule has 3 aromatic rings. The zero-order valence-corrected chi connectivity index (χ0v) is 14.3. The molecule has 2 aromatic heterocycles. The number of benzene rings is 1. The molecule has 0 saturated heterocycles. The summed E-state index contributed by atoms with van der Waals surface area (Å²) in [5.74, 6) is 0.517. The molecule has 0 aliphatic carbocycles. The third kappa shape index (κ3) is 3.75. The standard InChI is InChI=1S/C19H21N5O/c1-13-18(14-7-4-3-5-8-14)19(24(2)23-13)22-17(25)11-16(20)15-9-6-10-21-12-15/h3-10,12,16H,11,20H2,1-2H3,(H,22,25)/t16-/m1/s1. The van der Waals surface area contributed by atoms with Gasteiger partial charge in [-0.15, -0.1) is 0 Å². The molecule has 6 nitrogen and oxygen atoms in total. The summed E-state index contributed by atoms with van der Waals surface area (Å²) in [4.78, 5) is 16.5. The highest BCUT2D eigenvalue weighted by Crippen LogP contribution is 2.31. The van der Waals surface area contributed by atoms with Crippen molar-refractivity contribution in [3.05, 3.63) is 66.1 Å². The number of nitrogens with one attached hydrogen (secondary N) is 1. The van der Waals surface area contributed by atoms with Gasteiger partial charge in [0, 0.05) is 37.5 Å². The Bertz CT molecular complexity index is 858. The summed E-state index contributed by atoms with van der Waals surface area (Å²) in [7, 11) is 1.82. The van der Waals surface area contributed by atoms with Crippen LogP contribution in [-0.2, 0) is 11.8 Å². The number of hydrogen-bond acceptors (Lipinski definition) is 4. The predicted octanol–water partition coefficient (Wildman–Crippen LogP) is 2.82. The number of nitrogens with zero attached hydrogens (tertiary/aromatic N) is 3. The summed E-state index contributed by atoms with van der Waals surface area (Å²) in [5.41, 5.74) is 9.75. The molecular formula is C19H21N5O. The lowest BCUT2D eigenvalue weighted by molar-refractivity contribution is -0.116. The van der Waals surface area contributed by atoms with Crippen molar-refractivity contribution in [3.63, 3.8) is 0 Å². The van der Waals surface area contributed by atoms with Crippen LogP contribution in [-0.4, -0.2) is 20.7 Å². The van der Waals surface area contributed by atoms with Crippen LogP contribution < -0.4 is 11.1 Å². The Morgan fingerprint density at radius 2 is 2.00 bits per heavy atom. The second-order valence-corrected chi connectivity index (χ2v) is 5.94. The molecule has 0 unspecified atom stereocenters. The topological polar surface area (TPSA) is 85.8 Å². The van der Waals surface area contributed by atoms with Crippen molar-refractivity contribution in [3.8, 4) is 11.1 Å². The van der Waals surface area contributed by atoms with E-state index >= 15 is 0 Å². The van der Waals surface area contributed by atoms with E-state index in [2.05, 4.69) is 15.4 Å². The molecule has 0 spiro atoms. The lowest BCUT2D eigenvalue weighted by Crippen LogP contribution is -2.22. The molecule has 3 rings (SSSR count). The van der Waals surface area contributed by atoms with Gasteiger partial charge in [0.05, 0.1) is 5.69 Å². The van der Waals surface area contributed by atoms with Gasteiger partial charge in [-0.2, -0.15) is 5.10 Å². The average molecular weight is 335 g/mol. The second-order valence-electron chi connectivity index (χ2n) is 5.94. The Hall–Kier alpha value is -2.99. The van der Waals surface area contributed by atoms with Crippen LogP contribution in [0.2, 0.25) is 0 Å². The molecule has 0 aliphatic rings. The molecule has 0 saturated carbocycles. The van der Waals surface area contributed by atoms with Crippen LogP contribution in [0.1, 0.15) is 23.7 Å². The molecule has 2 heterocycles. The zero-order chi connectivity index (χ0) is 17.8. The van der Waals surface area contributed by atoms with Gasteiger partial charge in [0.1, 0.15) is 5.82 Å². The quantitative estimate of drug-likeness (QED) is 0.751. The minimum atomic E-state index is -0.400. The monoisotopic (exact) mass is 335 g/mol. The molecule has 3 N–H and O–H groups in total. The Labute approximate surface area is 146 Å². The maximum atomic E-state index is 12.5. The van der Waals surface area contributed by atoms with E-state index < -0.39 is 6.04 Å². The average Bonchev–Trinajstić information content (AvgIpc) is 2.89. The molecule has 0 bridgehead atoms. The van der Waals surface area contributed by atoms with Crippen molar-refractivity contribution in [1.82, 2.24) is 14.8 Å². The number of nitrogens with two attached hydrogens (primary N) is 1. The summed E-state index contributed by atoms with van der Waals surface area (Å²) in [5, 5.41) is 7.40. The third-order valence-corrected chi connectivity index (χ3v) is 4.06. The van der Waals surface area contributed by atoms with Gasteiger partial charge in [0.2, 0.25) is 5.91 Å². The van der Waals surface area contributed by atoms with Crippen LogP contribution in [0.4, 0.5) is 5.82 Å². The molecule has 6 heteroatoms. The van der Waals surface area contributed by atoms with E-state index in [9.17, 15) is 4.79 Å². The summed E-state index contributed by atoms with van der Waals surface area (Å²) in [6.07, 6.45) is 3.53. The first-order valence-corrected chi connectivity index (χ1v) is 8.10. The van der Waals surface area contributed by atoms with Crippen LogP contribution in [0.15, 0.2) is 54.9 Å². The highest BCUT2D eigenvalue weighted by atomic mass is 16.1. The maximum absolute atomic E-state index is 12.5. The predicted molar refractivity (Wildman–Crippen MR) is 97.8 cm³/mol. The lowest BCUT2D eigenvalue weighted by atomic mass is 10.0. The van der Waals surface area contributed by atoms with E-state index in [0.29, 0.717) is 5.82 Å². The van der Waals surface area contributed by atoms with Crippen LogP contribution in [0.25, 0.3) is 11.1 Å². The van der Waals surface area contributed by atoms with Gasteiger partial charge in [-0.25, -0.2) is 0 Å². The van der Waals surface area contributed by atoms with Crippen molar-refractivity contribution < 1.29 is 4.79 Å². The van der Waals surface area contributed by atoms with E-state index in [1.54, 1.807) is 17.1 Å². The highest BCUT2D eigenvalue weighted by molar-refractivity contribution is 5.95. The molecule has 128 valence electrons. The van der Waals surface area contributed by atoms with Crippen molar-refractivity contribution in [2.45, 2.75) is 19.4 Å². The Kier molecular flexibility index (Phi) is 4.90. The van der Waals surface area contributed by atoms with Gasteiger partial charge in [-0.3, -0.25) is 14.5 Å². The largest absolute Gasteiger partial charge is 0.323 e. The first-order valence-electron chi connectivity index (χ1n) is 8.10. The van der Waals surface area contributed by atoms with Gasteiger partial charge in [-0.05, 0) is 24.1 Å². The number of pyridine rings is 1. The van der Waals surface area contributed by atoms with E-state index in [1.165, 1.54) is 0 Å². The molecule has 1 amide bonds. The summed E-state index contributed by atoms with van der Waals surface area (Å²) in [6.45, 7) is 1.93. The summed E-state index contributed by atoms with van der Waals surface area (Å²) >= 11 is 0. The van der Waals surface area contributed by atoms with Crippen LogP contribution >= 0.6 is 0 Å². The fourth-order valence-corrected chi connectivity index (χ4v) is 2.85. The number of aromatic nitrogens is 3. The summed E-state index contributed by atoms with van der Waals surface area (Å²) in [6, 6.07) is 13.2. The van der Waals surface area contributed by atoms with Gasteiger partial charge in [0.15, 0.2) is 0 Å². The van der Waals surface area contributed by atoms with E-state index in [1.807, 2.05) is 56.4 Å². The number of carbonyl (C=O) groups excluding carboxylic acids is 1.